The van der Waals surface area contributed by atoms with Crippen molar-refractivity contribution in [3.05, 3.63) is 24.3 Å². The Morgan fingerprint density at radius 3 is 2.52 bits per heavy atom. The van der Waals surface area contributed by atoms with Crippen LogP contribution < -0.4 is 0 Å². The summed E-state index contributed by atoms with van der Waals surface area (Å²) >= 11 is 0. The Hall–Kier alpha value is -0.913. The van der Waals surface area contributed by atoms with Crippen LogP contribution in [0.3, 0.4) is 0 Å². The van der Waals surface area contributed by atoms with Crippen LogP contribution in [0.4, 0.5) is 0 Å². The number of carbonyl (C=O) groups is 1. The minimum atomic E-state index is -1.96. The lowest BCUT2D eigenvalue weighted by molar-refractivity contribution is -0.142. The molecule has 0 spiro atoms. The third kappa shape index (κ3) is 8.34. The van der Waals surface area contributed by atoms with Crippen molar-refractivity contribution in [3.8, 4) is 0 Å². The molecule has 0 amide bonds. The first-order valence-electron chi connectivity index (χ1n) is 9.42. The van der Waals surface area contributed by atoms with Gasteiger partial charge in [0.05, 0.1) is 18.3 Å². The average Bonchev–Trinajstić information content (AvgIpc) is 2.47. The molecule has 3 atom stereocenters. The molecule has 144 valence electrons. The predicted octanol–water partition coefficient (Wildman–Crippen LogP) is 4.75. The number of aliphatic hydroxyl groups excluding tert-OH is 1. The smallest absolute Gasteiger partial charge is 0.330 e. The summed E-state index contributed by atoms with van der Waals surface area (Å²) in [6.07, 6.45) is 10.4. The van der Waals surface area contributed by atoms with E-state index in [1.165, 1.54) is 6.08 Å². The summed E-state index contributed by atoms with van der Waals surface area (Å²) in [4.78, 5) is 12.0. The highest BCUT2D eigenvalue weighted by molar-refractivity contribution is 6.74. The van der Waals surface area contributed by atoms with Crippen LogP contribution in [0, 0.1) is 0 Å². The van der Waals surface area contributed by atoms with Crippen LogP contribution in [0.15, 0.2) is 24.3 Å². The molecule has 0 unspecified atom stereocenters. The van der Waals surface area contributed by atoms with Crippen LogP contribution in [-0.4, -0.2) is 37.7 Å². The van der Waals surface area contributed by atoms with E-state index in [9.17, 15) is 9.90 Å². The molecular formula is C20H36O4Si. The summed E-state index contributed by atoms with van der Waals surface area (Å²) in [5.41, 5.74) is 0. The lowest BCUT2D eigenvalue weighted by Crippen LogP contribution is -2.43. The number of hydrogen-bond donors (Lipinski definition) is 1. The molecule has 0 fully saturated rings. The van der Waals surface area contributed by atoms with E-state index < -0.39 is 14.4 Å². The fourth-order valence-corrected chi connectivity index (χ4v) is 3.75. The van der Waals surface area contributed by atoms with Gasteiger partial charge in [0.25, 0.3) is 0 Å². The van der Waals surface area contributed by atoms with Crippen molar-refractivity contribution in [2.45, 2.75) is 96.2 Å². The molecule has 0 aliphatic carbocycles. The van der Waals surface area contributed by atoms with Crippen LogP contribution in [-0.2, 0) is 14.0 Å². The third-order valence-corrected chi connectivity index (χ3v) is 9.61. The first-order valence-corrected chi connectivity index (χ1v) is 12.3. The number of allylic oxidation sites excluding steroid dienone is 1. The molecular weight excluding hydrogens is 332 g/mol. The largest absolute Gasteiger partial charge is 0.460 e. The maximum atomic E-state index is 12.0. The van der Waals surface area contributed by atoms with Crippen molar-refractivity contribution < 1.29 is 19.1 Å². The van der Waals surface area contributed by atoms with Gasteiger partial charge in [-0.1, -0.05) is 32.9 Å². The van der Waals surface area contributed by atoms with E-state index in [2.05, 4.69) is 33.9 Å². The Labute approximate surface area is 154 Å². The number of esters is 1. The summed E-state index contributed by atoms with van der Waals surface area (Å²) in [6, 6.07) is 0. The summed E-state index contributed by atoms with van der Waals surface area (Å²) < 4.78 is 11.9. The van der Waals surface area contributed by atoms with Crippen molar-refractivity contribution in [2.75, 3.05) is 0 Å². The maximum absolute atomic E-state index is 12.0. The van der Waals surface area contributed by atoms with Gasteiger partial charge in [0.15, 0.2) is 8.32 Å². The van der Waals surface area contributed by atoms with Gasteiger partial charge in [-0.2, -0.15) is 0 Å². The third-order valence-electron chi connectivity index (χ3n) is 5.10. The quantitative estimate of drug-likeness (QED) is 0.434. The Morgan fingerprint density at radius 2 is 1.88 bits per heavy atom. The summed E-state index contributed by atoms with van der Waals surface area (Å²) in [5.74, 6) is -0.315. The monoisotopic (exact) mass is 368 g/mol. The van der Waals surface area contributed by atoms with Crippen molar-refractivity contribution >= 4 is 14.3 Å². The van der Waals surface area contributed by atoms with E-state index >= 15 is 0 Å². The van der Waals surface area contributed by atoms with E-state index in [0.717, 1.165) is 19.3 Å². The van der Waals surface area contributed by atoms with E-state index in [-0.39, 0.29) is 23.2 Å². The Kier molecular flexibility index (Phi) is 8.58. The Morgan fingerprint density at radius 1 is 1.20 bits per heavy atom. The van der Waals surface area contributed by atoms with Gasteiger partial charge in [0, 0.05) is 6.08 Å². The Bertz CT molecular complexity index is 477. The normalized spacial score (nSPS) is 30.2. The first-order chi connectivity index (χ1) is 11.5. The lowest BCUT2D eigenvalue weighted by Gasteiger charge is -2.38. The molecule has 0 aromatic rings. The molecule has 25 heavy (non-hydrogen) atoms. The van der Waals surface area contributed by atoms with Gasteiger partial charge in [0.1, 0.15) is 0 Å². The molecule has 1 rings (SSSR count). The van der Waals surface area contributed by atoms with Crippen molar-refractivity contribution in [2.24, 2.45) is 0 Å². The number of cyclic esters (lactones) is 1. The average molecular weight is 369 g/mol. The van der Waals surface area contributed by atoms with Gasteiger partial charge in [-0.25, -0.2) is 4.79 Å². The summed E-state index contributed by atoms with van der Waals surface area (Å²) in [6.45, 7) is 12.9. The molecule has 0 saturated heterocycles. The zero-order chi connectivity index (χ0) is 19.1. The fraction of sp³-hybridized carbons (Fsp3) is 0.750. The molecule has 0 saturated carbocycles. The van der Waals surface area contributed by atoms with Gasteiger partial charge >= 0.3 is 5.97 Å². The summed E-state index contributed by atoms with van der Waals surface area (Å²) in [5, 5.41) is 10.2. The maximum Gasteiger partial charge on any atom is 0.330 e. The molecule has 0 aromatic carbocycles. The molecule has 1 aliphatic rings. The summed E-state index contributed by atoms with van der Waals surface area (Å²) in [7, 11) is -1.96. The standard InChI is InChI=1S/C20H36O4Si/c1-16-10-8-7-9-11-17(21)12-13-18(14-15-19(22)23-16)24-25(5,6)20(2,3)4/h9,11,14-18,21H,7-8,10,12-13H2,1-6H3/b11-9+,15-14+/t16-,17-,18-/m0/s1. The molecule has 0 aromatic heterocycles. The van der Waals surface area contributed by atoms with Crippen molar-refractivity contribution in [1.29, 1.82) is 0 Å². The highest BCUT2D eigenvalue weighted by atomic mass is 28.4. The predicted molar refractivity (Wildman–Crippen MR) is 105 cm³/mol. The number of hydrogen-bond acceptors (Lipinski definition) is 4. The van der Waals surface area contributed by atoms with Crippen LogP contribution in [0.5, 0.6) is 0 Å². The van der Waals surface area contributed by atoms with Crippen LogP contribution >= 0.6 is 0 Å². The highest BCUT2D eigenvalue weighted by Gasteiger charge is 2.38. The van der Waals surface area contributed by atoms with Gasteiger partial charge in [0.2, 0.25) is 0 Å². The van der Waals surface area contributed by atoms with Crippen molar-refractivity contribution in [3.63, 3.8) is 0 Å². The van der Waals surface area contributed by atoms with E-state index in [1.807, 2.05) is 19.1 Å². The molecule has 5 heteroatoms. The second-order valence-electron chi connectivity index (χ2n) is 8.53. The number of aliphatic hydroxyl groups is 1. The van der Waals surface area contributed by atoms with E-state index in [0.29, 0.717) is 12.8 Å². The van der Waals surface area contributed by atoms with Gasteiger partial charge < -0.3 is 14.3 Å². The van der Waals surface area contributed by atoms with Crippen LogP contribution in [0.25, 0.3) is 0 Å². The zero-order valence-corrected chi connectivity index (χ0v) is 17.7. The molecule has 0 bridgehead atoms. The highest BCUT2D eigenvalue weighted by Crippen LogP contribution is 2.38. The van der Waals surface area contributed by atoms with E-state index in [4.69, 9.17) is 9.16 Å². The van der Waals surface area contributed by atoms with Crippen LogP contribution in [0.1, 0.15) is 59.8 Å². The zero-order valence-electron chi connectivity index (χ0n) is 16.7. The Balaban J connectivity index is 2.89. The minimum absolute atomic E-state index is 0.0907. The van der Waals surface area contributed by atoms with Crippen LogP contribution in [0.2, 0.25) is 18.1 Å². The fourth-order valence-electron chi connectivity index (χ4n) is 2.44. The minimum Gasteiger partial charge on any atom is -0.460 e. The molecule has 1 heterocycles. The first kappa shape index (κ1) is 22.1. The van der Waals surface area contributed by atoms with Gasteiger partial charge in [-0.3, -0.25) is 0 Å². The van der Waals surface area contributed by atoms with Gasteiger partial charge in [-0.05, 0) is 63.2 Å². The SMILES string of the molecule is C[C@H]1CCC/C=C/[C@H](O)CC[C@H](O[Si](C)(C)C(C)(C)C)/C=C/C(=O)O1. The molecule has 1 aliphatic heterocycles. The lowest BCUT2D eigenvalue weighted by atomic mass is 10.1. The second kappa shape index (κ2) is 9.69. The topological polar surface area (TPSA) is 55.8 Å². The molecule has 1 N–H and O–H groups in total. The van der Waals surface area contributed by atoms with Crippen molar-refractivity contribution in [1.82, 2.24) is 0 Å². The number of carbonyl (C=O) groups excluding carboxylic acids is 1. The second-order valence-corrected chi connectivity index (χ2v) is 13.3. The molecule has 0 radical (unpaired) electrons. The number of rotatable bonds is 2. The van der Waals surface area contributed by atoms with Gasteiger partial charge in [-0.15, -0.1) is 0 Å². The molecule has 4 nitrogen and oxygen atoms in total. The number of ether oxygens (including phenoxy) is 1. The van der Waals surface area contributed by atoms with E-state index in [1.54, 1.807) is 6.08 Å².